The summed E-state index contributed by atoms with van der Waals surface area (Å²) in [4.78, 5) is 30.1. The van der Waals surface area contributed by atoms with Gasteiger partial charge in [-0.3, -0.25) is 19.2 Å². The summed E-state index contributed by atoms with van der Waals surface area (Å²) in [7, 11) is -3.39. The lowest BCUT2D eigenvalue weighted by Crippen LogP contribution is -2.58. The SMILES string of the molecule is CCS(=O)(=O)Nc1ccc(OCCN2CC3(C)O[C@](C)(C2)[C@@H]2C(=O)N(c4ccc(C#N)c(C(F)(F)F)c4)C(=O)C23)cc1. The molecule has 14 heteroatoms. The normalized spacial score (nSPS) is 27.6. The van der Waals surface area contributed by atoms with Crippen molar-refractivity contribution in [1.82, 2.24) is 4.90 Å². The number of alkyl halides is 3. The number of rotatable bonds is 8. The van der Waals surface area contributed by atoms with Gasteiger partial charge in [-0.1, -0.05) is 0 Å². The minimum Gasteiger partial charge on any atom is -0.492 e. The lowest BCUT2D eigenvalue weighted by Gasteiger charge is -2.45. The predicted octanol–water partition coefficient (Wildman–Crippen LogP) is 3.39. The minimum atomic E-state index is -4.84. The number of benzene rings is 2. The highest BCUT2D eigenvalue weighted by atomic mass is 32.2. The van der Waals surface area contributed by atoms with Crippen molar-refractivity contribution in [2.75, 3.05) is 41.6 Å². The van der Waals surface area contributed by atoms with Gasteiger partial charge in [-0.15, -0.1) is 0 Å². The molecule has 0 aliphatic carbocycles. The molecule has 2 bridgehead atoms. The van der Waals surface area contributed by atoms with Crippen LogP contribution < -0.4 is 14.4 Å². The fourth-order valence-corrected chi connectivity index (χ4v) is 6.98. The number of nitrogens with one attached hydrogen (secondary N) is 1. The summed E-state index contributed by atoms with van der Waals surface area (Å²) in [5.41, 5.74) is -3.76. The lowest BCUT2D eigenvalue weighted by atomic mass is 9.79. The molecular weight excluding hydrogens is 577 g/mol. The second-order valence-electron chi connectivity index (χ2n) is 11.1. The Morgan fingerprint density at radius 2 is 1.67 bits per heavy atom. The van der Waals surface area contributed by atoms with Crippen molar-refractivity contribution < 1.29 is 40.7 Å². The Balaban J connectivity index is 1.28. The number of halogens is 3. The summed E-state index contributed by atoms with van der Waals surface area (Å²) >= 11 is 0. The van der Waals surface area contributed by atoms with Gasteiger partial charge in [0, 0.05) is 25.3 Å². The van der Waals surface area contributed by atoms with Gasteiger partial charge < -0.3 is 9.47 Å². The van der Waals surface area contributed by atoms with Crippen LogP contribution in [0.3, 0.4) is 0 Å². The highest BCUT2D eigenvalue weighted by molar-refractivity contribution is 7.92. The number of amides is 2. The van der Waals surface area contributed by atoms with E-state index in [1.165, 1.54) is 19.1 Å². The van der Waals surface area contributed by atoms with Crippen LogP contribution in [0.15, 0.2) is 42.5 Å². The van der Waals surface area contributed by atoms with Crippen molar-refractivity contribution in [2.45, 2.75) is 38.1 Å². The van der Waals surface area contributed by atoms with E-state index in [1.807, 2.05) is 4.90 Å². The molecule has 2 aromatic rings. The van der Waals surface area contributed by atoms with Crippen LogP contribution in [0.25, 0.3) is 0 Å². The summed E-state index contributed by atoms with van der Waals surface area (Å²) < 4.78 is 78.8. The molecule has 3 aliphatic rings. The van der Waals surface area contributed by atoms with Gasteiger partial charge in [0.25, 0.3) is 0 Å². The number of nitrogens with zero attached hydrogens (tertiary/aromatic N) is 3. The molecule has 224 valence electrons. The number of anilines is 2. The first-order chi connectivity index (χ1) is 19.6. The maximum Gasteiger partial charge on any atom is 0.417 e. The summed E-state index contributed by atoms with van der Waals surface area (Å²) in [6.07, 6.45) is -4.84. The first kappa shape index (κ1) is 29.8. The quantitative estimate of drug-likeness (QED) is 0.453. The van der Waals surface area contributed by atoms with Gasteiger partial charge in [-0.05, 0) is 63.2 Å². The highest BCUT2D eigenvalue weighted by Crippen LogP contribution is 2.55. The number of carbonyl (C=O) groups is 2. The van der Waals surface area contributed by atoms with Crippen LogP contribution in [0.5, 0.6) is 5.75 Å². The standard InChI is InChI=1S/C28H29F3N4O6S/c1-4-42(38,39)33-18-6-9-20(10-7-18)40-12-11-34-15-26(2)22-23(27(3,16-34)41-26)25(37)35(24(22)36)19-8-5-17(14-32)21(13-19)28(29,30)31/h5-10,13,22-23,33H,4,11-12,15-16H2,1-3H3/t22-,23?,26+,27?/m0/s1. The molecule has 10 nitrogen and oxygen atoms in total. The van der Waals surface area contributed by atoms with E-state index in [2.05, 4.69) is 4.72 Å². The largest absolute Gasteiger partial charge is 0.492 e. The van der Waals surface area contributed by atoms with Gasteiger partial charge >= 0.3 is 6.18 Å². The zero-order valence-corrected chi connectivity index (χ0v) is 23.9. The van der Waals surface area contributed by atoms with Crippen molar-refractivity contribution in [3.05, 3.63) is 53.6 Å². The number of imide groups is 1. The summed E-state index contributed by atoms with van der Waals surface area (Å²) in [5, 5.41) is 9.11. The van der Waals surface area contributed by atoms with E-state index >= 15 is 0 Å². The Labute approximate surface area is 241 Å². The van der Waals surface area contributed by atoms with Gasteiger partial charge in [-0.25, -0.2) is 13.3 Å². The third-order valence-electron chi connectivity index (χ3n) is 8.03. The van der Waals surface area contributed by atoms with E-state index in [0.717, 1.165) is 11.0 Å². The smallest absolute Gasteiger partial charge is 0.417 e. The first-order valence-corrected chi connectivity index (χ1v) is 14.9. The van der Waals surface area contributed by atoms with Crippen molar-refractivity contribution in [1.29, 1.82) is 5.26 Å². The third kappa shape index (κ3) is 5.21. The molecule has 2 unspecified atom stereocenters. The second-order valence-corrected chi connectivity index (χ2v) is 13.1. The molecule has 0 aromatic heterocycles. The maximum atomic E-state index is 13.6. The number of carbonyl (C=O) groups excluding carboxylic acids is 2. The van der Waals surface area contributed by atoms with Crippen molar-refractivity contribution in [3.63, 3.8) is 0 Å². The molecule has 3 aliphatic heterocycles. The average molecular weight is 607 g/mol. The predicted molar refractivity (Wildman–Crippen MR) is 145 cm³/mol. The number of fused-ring (bicyclic) bond motifs is 5. The van der Waals surface area contributed by atoms with Crippen LogP contribution in [-0.2, 0) is 30.5 Å². The van der Waals surface area contributed by atoms with Crippen LogP contribution in [0.2, 0.25) is 0 Å². The molecule has 0 radical (unpaired) electrons. The minimum absolute atomic E-state index is 0.0476. The number of ether oxygens (including phenoxy) is 2. The number of likely N-dealkylation sites (tertiary alicyclic amines) is 1. The Morgan fingerprint density at radius 3 is 2.19 bits per heavy atom. The van der Waals surface area contributed by atoms with Crippen molar-refractivity contribution in [3.8, 4) is 11.8 Å². The number of sulfonamides is 1. The monoisotopic (exact) mass is 606 g/mol. The number of hydrogen-bond donors (Lipinski definition) is 1. The summed E-state index contributed by atoms with van der Waals surface area (Å²) in [5.74, 6) is -2.58. The molecular formula is C28H29F3N4O6S. The molecule has 0 saturated carbocycles. The summed E-state index contributed by atoms with van der Waals surface area (Å²) in [6.45, 7) is 6.28. The topological polar surface area (TPSA) is 129 Å². The molecule has 3 heterocycles. The van der Waals surface area contributed by atoms with Crippen LogP contribution in [0.4, 0.5) is 24.5 Å². The third-order valence-corrected chi connectivity index (χ3v) is 9.34. The zero-order chi connectivity index (χ0) is 30.7. The highest BCUT2D eigenvalue weighted by Gasteiger charge is 2.71. The molecule has 3 fully saturated rings. The Kier molecular flexibility index (Phi) is 7.28. The van der Waals surface area contributed by atoms with Crippen LogP contribution in [0.1, 0.15) is 31.9 Å². The second kappa shape index (κ2) is 10.3. The number of nitriles is 1. The van der Waals surface area contributed by atoms with Gasteiger partial charge in [0.15, 0.2) is 0 Å². The van der Waals surface area contributed by atoms with Gasteiger partial charge in [-0.2, -0.15) is 18.4 Å². The van der Waals surface area contributed by atoms with Crippen molar-refractivity contribution in [2.24, 2.45) is 11.8 Å². The fourth-order valence-electron chi connectivity index (χ4n) is 6.34. The van der Waals surface area contributed by atoms with Gasteiger partial charge in [0.2, 0.25) is 21.8 Å². The molecule has 1 N–H and O–H groups in total. The first-order valence-electron chi connectivity index (χ1n) is 13.3. The van der Waals surface area contributed by atoms with Crippen molar-refractivity contribution >= 4 is 33.2 Å². The molecule has 2 amide bonds. The Morgan fingerprint density at radius 1 is 1.07 bits per heavy atom. The van der Waals surface area contributed by atoms with Gasteiger partial charge in [0.1, 0.15) is 12.4 Å². The molecule has 0 spiro atoms. The summed E-state index contributed by atoms with van der Waals surface area (Å²) in [6, 6.07) is 10.8. The van der Waals surface area contributed by atoms with E-state index in [4.69, 9.17) is 14.7 Å². The van der Waals surface area contributed by atoms with Crippen LogP contribution in [-0.4, -0.2) is 68.3 Å². The van der Waals surface area contributed by atoms with Crippen LogP contribution in [0, 0.1) is 23.2 Å². The van der Waals surface area contributed by atoms with E-state index in [0.29, 0.717) is 37.1 Å². The Hall–Kier alpha value is -3.67. The maximum absolute atomic E-state index is 13.6. The number of morpholine rings is 1. The van der Waals surface area contributed by atoms with Gasteiger partial charge in [0.05, 0.1) is 51.7 Å². The Bertz CT molecular complexity index is 1540. The molecule has 3 saturated heterocycles. The van der Waals surface area contributed by atoms with E-state index in [1.54, 1.807) is 38.1 Å². The molecule has 5 rings (SSSR count). The number of hydrogen-bond acceptors (Lipinski definition) is 8. The molecule has 2 aromatic carbocycles. The average Bonchev–Trinajstić information content (AvgIpc) is 3.28. The lowest BCUT2D eigenvalue weighted by molar-refractivity contribution is -0.169. The molecule has 4 atom stereocenters. The fraction of sp³-hybridized carbons (Fsp3) is 0.464. The van der Waals surface area contributed by atoms with Crippen LogP contribution >= 0.6 is 0 Å². The van der Waals surface area contributed by atoms with E-state index in [9.17, 15) is 31.2 Å². The molecule has 42 heavy (non-hydrogen) atoms. The van der Waals surface area contributed by atoms with E-state index in [-0.39, 0.29) is 18.0 Å². The van der Waals surface area contributed by atoms with E-state index < -0.39 is 62.2 Å². The zero-order valence-electron chi connectivity index (χ0n) is 23.1.